The lowest BCUT2D eigenvalue weighted by Crippen LogP contribution is -2.31. The van der Waals surface area contributed by atoms with Crippen LogP contribution in [0.2, 0.25) is 0 Å². The Morgan fingerprint density at radius 3 is 2.44 bits per heavy atom. The SMILES string of the molecule is COCCCN1C(=O)C(=O)/C(=C(/O)c2ccc(OC)c(F)c2)C1c1ccc([N+](=O)[O-])cc1. The summed E-state index contributed by atoms with van der Waals surface area (Å²) in [5, 5.41) is 21.9. The van der Waals surface area contributed by atoms with Crippen molar-refractivity contribution in [3.63, 3.8) is 0 Å². The highest BCUT2D eigenvalue weighted by Gasteiger charge is 2.45. The zero-order chi connectivity index (χ0) is 23.4. The van der Waals surface area contributed by atoms with Crippen LogP contribution in [0.15, 0.2) is 48.0 Å². The van der Waals surface area contributed by atoms with Gasteiger partial charge in [0.15, 0.2) is 11.6 Å². The molecular weight excluding hydrogens is 423 g/mol. The summed E-state index contributed by atoms with van der Waals surface area (Å²) in [5.74, 6) is -3.12. The smallest absolute Gasteiger partial charge is 0.295 e. The number of nitrogens with zero attached hydrogens (tertiary/aromatic N) is 2. The number of ether oxygens (including phenoxy) is 2. The highest BCUT2D eigenvalue weighted by Crippen LogP contribution is 2.40. The summed E-state index contributed by atoms with van der Waals surface area (Å²) < 4.78 is 24.1. The van der Waals surface area contributed by atoms with E-state index in [1.165, 1.54) is 55.5 Å². The molecule has 1 N–H and O–H groups in total. The lowest BCUT2D eigenvalue weighted by Gasteiger charge is -2.25. The monoisotopic (exact) mass is 444 g/mol. The first kappa shape index (κ1) is 22.9. The molecule has 1 amide bonds. The van der Waals surface area contributed by atoms with Crippen LogP contribution in [0.3, 0.4) is 0 Å². The maximum Gasteiger partial charge on any atom is 0.295 e. The van der Waals surface area contributed by atoms with Crippen LogP contribution in [0.25, 0.3) is 5.76 Å². The molecule has 0 radical (unpaired) electrons. The van der Waals surface area contributed by atoms with Crippen molar-refractivity contribution < 1.29 is 33.5 Å². The van der Waals surface area contributed by atoms with E-state index in [9.17, 15) is 29.2 Å². The van der Waals surface area contributed by atoms with E-state index in [0.717, 1.165) is 6.07 Å². The average Bonchev–Trinajstić information content (AvgIpc) is 3.03. The molecular formula is C22H21FN2O7. The van der Waals surface area contributed by atoms with Crippen molar-refractivity contribution in [3.8, 4) is 5.75 Å². The fourth-order valence-corrected chi connectivity index (χ4v) is 3.58. The molecule has 0 aromatic heterocycles. The van der Waals surface area contributed by atoms with E-state index in [1.54, 1.807) is 0 Å². The number of ketones is 1. The molecule has 1 saturated heterocycles. The number of benzene rings is 2. The second kappa shape index (κ2) is 9.56. The van der Waals surface area contributed by atoms with Gasteiger partial charge in [-0.3, -0.25) is 19.7 Å². The summed E-state index contributed by atoms with van der Waals surface area (Å²) in [6.07, 6.45) is 0.421. The fraction of sp³-hybridized carbons (Fsp3) is 0.273. The molecule has 1 aliphatic heterocycles. The molecule has 10 heteroatoms. The number of carbonyl (C=O) groups excluding carboxylic acids is 2. The molecule has 9 nitrogen and oxygen atoms in total. The fourth-order valence-electron chi connectivity index (χ4n) is 3.58. The third-order valence-corrected chi connectivity index (χ3v) is 5.13. The maximum absolute atomic E-state index is 14.2. The van der Waals surface area contributed by atoms with Crippen molar-refractivity contribution in [3.05, 3.63) is 75.1 Å². The molecule has 3 rings (SSSR count). The summed E-state index contributed by atoms with van der Waals surface area (Å²) in [5.41, 5.74) is -0.0130. The van der Waals surface area contributed by atoms with Crippen molar-refractivity contribution in [2.45, 2.75) is 12.5 Å². The van der Waals surface area contributed by atoms with Gasteiger partial charge in [0.1, 0.15) is 5.76 Å². The number of Topliss-reactive ketones (excluding diaryl/α,β-unsaturated/α-hetero) is 1. The molecule has 1 unspecified atom stereocenters. The van der Waals surface area contributed by atoms with Gasteiger partial charge in [0.25, 0.3) is 17.4 Å². The molecule has 1 aliphatic rings. The van der Waals surface area contributed by atoms with E-state index in [0.29, 0.717) is 18.6 Å². The van der Waals surface area contributed by atoms with Gasteiger partial charge >= 0.3 is 0 Å². The first-order valence-corrected chi connectivity index (χ1v) is 9.65. The van der Waals surface area contributed by atoms with Crippen LogP contribution in [0, 0.1) is 15.9 Å². The lowest BCUT2D eigenvalue weighted by molar-refractivity contribution is -0.384. The van der Waals surface area contributed by atoms with Gasteiger partial charge in [-0.15, -0.1) is 0 Å². The van der Waals surface area contributed by atoms with Crippen molar-refractivity contribution in [2.75, 3.05) is 27.4 Å². The van der Waals surface area contributed by atoms with E-state index < -0.39 is 34.2 Å². The normalized spacial score (nSPS) is 17.6. The van der Waals surface area contributed by atoms with Gasteiger partial charge in [0, 0.05) is 38.0 Å². The minimum Gasteiger partial charge on any atom is -0.507 e. The number of aliphatic hydroxyl groups excluding tert-OH is 1. The molecule has 32 heavy (non-hydrogen) atoms. The predicted octanol–water partition coefficient (Wildman–Crippen LogP) is 3.20. The highest BCUT2D eigenvalue weighted by molar-refractivity contribution is 6.46. The Balaban J connectivity index is 2.13. The quantitative estimate of drug-likeness (QED) is 0.166. The molecule has 0 saturated carbocycles. The number of non-ortho nitro benzene ring substituents is 1. The number of nitro benzene ring substituents is 1. The summed E-state index contributed by atoms with van der Waals surface area (Å²) in [4.78, 5) is 37.3. The third-order valence-electron chi connectivity index (χ3n) is 5.13. The van der Waals surface area contributed by atoms with Crippen LogP contribution < -0.4 is 4.74 Å². The molecule has 2 aromatic carbocycles. The number of likely N-dealkylation sites (tertiary alicyclic amines) is 1. The average molecular weight is 444 g/mol. The van der Waals surface area contributed by atoms with Crippen LogP contribution in [-0.2, 0) is 14.3 Å². The van der Waals surface area contributed by atoms with Crippen molar-refractivity contribution >= 4 is 23.1 Å². The van der Waals surface area contributed by atoms with Crippen LogP contribution >= 0.6 is 0 Å². The van der Waals surface area contributed by atoms with Crippen molar-refractivity contribution in [1.82, 2.24) is 4.90 Å². The Hall–Kier alpha value is -3.79. The molecule has 168 valence electrons. The zero-order valence-electron chi connectivity index (χ0n) is 17.4. The Morgan fingerprint density at radius 1 is 1.19 bits per heavy atom. The third kappa shape index (κ3) is 4.30. The van der Waals surface area contributed by atoms with E-state index in [2.05, 4.69) is 0 Å². The Morgan fingerprint density at radius 2 is 1.88 bits per heavy atom. The van der Waals surface area contributed by atoms with Crippen molar-refractivity contribution in [1.29, 1.82) is 0 Å². The van der Waals surface area contributed by atoms with Gasteiger partial charge in [-0.05, 0) is 42.3 Å². The van der Waals surface area contributed by atoms with Crippen molar-refractivity contribution in [2.24, 2.45) is 0 Å². The molecule has 2 aromatic rings. The first-order valence-electron chi connectivity index (χ1n) is 9.65. The molecule has 1 atom stereocenters. The number of halogens is 1. The molecule has 1 fully saturated rings. The van der Waals surface area contributed by atoms with Crippen LogP contribution in [-0.4, -0.2) is 54.0 Å². The highest BCUT2D eigenvalue weighted by atomic mass is 19.1. The number of rotatable bonds is 8. The number of hydrogen-bond donors (Lipinski definition) is 1. The first-order chi connectivity index (χ1) is 15.3. The molecule has 0 aliphatic carbocycles. The number of nitro groups is 1. The number of aliphatic hydroxyl groups is 1. The summed E-state index contributed by atoms with van der Waals surface area (Å²) >= 11 is 0. The van der Waals surface area contributed by atoms with Gasteiger partial charge in [0.2, 0.25) is 0 Å². The lowest BCUT2D eigenvalue weighted by atomic mass is 9.95. The Labute approximate surface area is 182 Å². The van der Waals surface area contributed by atoms with Gasteiger partial charge in [0.05, 0.1) is 23.6 Å². The Bertz CT molecular complexity index is 1080. The van der Waals surface area contributed by atoms with Gasteiger partial charge < -0.3 is 19.5 Å². The number of amides is 1. The largest absolute Gasteiger partial charge is 0.507 e. The molecule has 0 spiro atoms. The standard InChI is InChI=1S/C22H21FN2O7/c1-31-11-3-10-24-19(13-4-7-15(8-5-13)25(29)30)18(21(27)22(24)28)20(26)14-6-9-17(32-2)16(23)12-14/h4-9,12,19,26H,3,10-11H2,1-2H3/b20-18+. The minimum absolute atomic E-state index is 0.00916. The predicted molar refractivity (Wildman–Crippen MR) is 112 cm³/mol. The number of hydrogen-bond acceptors (Lipinski definition) is 7. The van der Waals surface area contributed by atoms with Gasteiger partial charge in [-0.2, -0.15) is 0 Å². The van der Waals surface area contributed by atoms with Gasteiger partial charge in [-0.1, -0.05) is 0 Å². The zero-order valence-corrected chi connectivity index (χ0v) is 17.4. The van der Waals surface area contributed by atoms with E-state index in [-0.39, 0.29) is 29.1 Å². The van der Waals surface area contributed by atoms with Crippen LogP contribution in [0.1, 0.15) is 23.6 Å². The second-order valence-corrected chi connectivity index (χ2v) is 7.04. The number of methoxy groups -OCH3 is 2. The molecule has 1 heterocycles. The van der Waals surface area contributed by atoms with Gasteiger partial charge in [-0.25, -0.2) is 4.39 Å². The van der Waals surface area contributed by atoms with E-state index in [1.807, 2.05) is 0 Å². The summed E-state index contributed by atoms with van der Waals surface area (Å²) in [6.45, 7) is 0.480. The topological polar surface area (TPSA) is 119 Å². The maximum atomic E-state index is 14.2. The Kier molecular flexibility index (Phi) is 6.84. The van der Waals surface area contributed by atoms with E-state index in [4.69, 9.17) is 9.47 Å². The van der Waals surface area contributed by atoms with E-state index >= 15 is 0 Å². The van der Waals surface area contributed by atoms with Crippen LogP contribution in [0.4, 0.5) is 10.1 Å². The van der Waals surface area contributed by atoms with Crippen LogP contribution in [0.5, 0.6) is 5.75 Å². The summed E-state index contributed by atoms with van der Waals surface area (Å²) in [6, 6.07) is 7.98. The molecule has 0 bridgehead atoms. The number of carbonyl (C=O) groups is 2. The minimum atomic E-state index is -1.00. The second-order valence-electron chi connectivity index (χ2n) is 7.04. The summed E-state index contributed by atoms with van der Waals surface area (Å²) in [7, 11) is 2.79.